The average Bonchev–Trinajstić information content (AvgIpc) is 3.06. The quantitative estimate of drug-likeness (QED) is 0.643. The van der Waals surface area contributed by atoms with Crippen LogP contribution in [0.15, 0.2) is 0 Å². The third-order valence-electron chi connectivity index (χ3n) is 4.03. The Morgan fingerprint density at radius 1 is 1.13 bits per heavy atom. The molecule has 1 aliphatic carbocycles. The van der Waals surface area contributed by atoms with E-state index in [2.05, 4.69) is 33.0 Å². The zero-order valence-electron chi connectivity index (χ0n) is 11.1. The molecule has 0 aromatic carbocycles. The van der Waals surface area contributed by atoms with Gasteiger partial charge in [0.15, 0.2) is 0 Å². The van der Waals surface area contributed by atoms with Crippen LogP contribution >= 0.6 is 0 Å². The molecule has 0 amide bonds. The Kier molecular flexibility index (Phi) is 5.66. The first kappa shape index (κ1) is 13.0. The lowest BCUT2D eigenvalue weighted by Gasteiger charge is -2.22. The molecular weight excluding hydrogens is 182 g/mol. The Morgan fingerprint density at radius 3 is 2.27 bits per heavy atom. The summed E-state index contributed by atoms with van der Waals surface area (Å²) in [5.41, 5.74) is 0. The Hall–Kier alpha value is -0.0400. The van der Waals surface area contributed by atoms with Gasteiger partial charge < -0.3 is 5.32 Å². The number of rotatable bonds is 8. The minimum atomic E-state index is 0.751. The molecule has 0 radical (unpaired) electrons. The minimum absolute atomic E-state index is 0.751. The summed E-state index contributed by atoms with van der Waals surface area (Å²) in [7, 11) is 0. The van der Waals surface area contributed by atoms with E-state index in [9.17, 15) is 0 Å². The second-order valence-corrected chi connectivity index (χ2v) is 5.58. The average molecular weight is 211 g/mol. The fraction of sp³-hybridized carbons (Fsp3) is 1.00. The molecule has 1 saturated carbocycles. The molecule has 90 valence electrons. The van der Waals surface area contributed by atoms with E-state index in [0.29, 0.717) is 0 Å². The van der Waals surface area contributed by atoms with Crippen molar-refractivity contribution in [3.63, 3.8) is 0 Å². The van der Waals surface area contributed by atoms with Crippen molar-refractivity contribution in [1.29, 1.82) is 0 Å². The summed E-state index contributed by atoms with van der Waals surface area (Å²) in [4.78, 5) is 0. The van der Waals surface area contributed by atoms with Crippen LogP contribution in [0.1, 0.15) is 59.8 Å². The van der Waals surface area contributed by atoms with Crippen LogP contribution in [0.3, 0.4) is 0 Å². The van der Waals surface area contributed by atoms with Crippen LogP contribution in [0.2, 0.25) is 0 Å². The molecule has 0 aromatic rings. The predicted molar refractivity (Wildman–Crippen MR) is 68.0 cm³/mol. The molecule has 0 spiro atoms. The highest BCUT2D eigenvalue weighted by atomic mass is 14.9. The van der Waals surface area contributed by atoms with Gasteiger partial charge in [0.05, 0.1) is 0 Å². The standard InChI is InChI=1S/C14H29N/c1-5-11(3)9-14(6-2)15-10-12(4)13-7-8-13/h11-15H,5-10H2,1-4H3. The summed E-state index contributed by atoms with van der Waals surface area (Å²) in [6.45, 7) is 10.6. The zero-order chi connectivity index (χ0) is 11.3. The van der Waals surface area contributed by atoms with Gasteiger partial charge in [-0.15, -0.1) is 0 Å². The Morgan fingerprint density at radius 2 is 1.80 bits per heavy atom. The summed E-state index contributed by atoms with van der Waals surface area (Å²) in [6, 6.07) is 0.751. The summed E-state index contributed by atoms with van der Waals surface area (Å²) >= 11 is 0. The third kappa shape index (κ3) is 5.01. The van der Waals surface area contributed by atoms with Crippen LogP contribution in [0.4, 0.5) is 0 Å². The summed E-state index contributed by atoms with van der Waals surface area (Å²) in [5.74, 6) is 2.81. The normalized spacial score (nSPS) is 22.4. The van der Waals surface area contributed by atoms with E-state index in [4.69, 9.17) is 0 Å². The lowest BCUT2D eigenvalue weighted by atomic mass is 9.97. The molecule has 0 aliphatic heterocycles. The third-order valence-corrected chi connectivity index (χ3v) is 4.03. The lowest BCUT2D eigenvalue weighted by Crippen LogP contribution is -2.34. The van der Waals surface area contributed by atoms with Crippen LogP contribution in [-0.4, -0.2) is 12.6 Å². The van der Waals surface area contributed by atoms with Gasteiger partial charge >= 0.3 is 0 Å². The number of hydrogen-bond acceptors (Lipinski definition) is 1. The monoisotopic (exact) mass is 211 g/mol. The molecule has 1 nitrogen and oxygen atoms in total. The van der Waals surface area contributed by atoms with E-state index in [0.717, 1.165) is 23.8 Å². The largest absolute Gasteiger partial charge is 0.314 e. The molecule has 1 heteroatoms. The highest BCUT2D eigenvalue weighted by Gasteiger charge is 2.27. The van der Waals surface area contributed by atoms with Crippen LogP contribution < -0.4 is 5.32 Å². The molecule has 1 N–H and O–H groups in total. The van der Waals surface area contributed by atoms with Crippen LogP contribution in [0, 0.1) is 17.8 Å². The molecule has 1 rings (SSSR count). The molecule has 15 heavy (non-hydrogen) atoms. The highest BCUT2D eigenvalue weighted by Crippen LogP contribution is 2.36. The van der Waals surface area contributed by atoms with Crippen LogP contribution in [-0.2, 0) is 0 Å². The summed E-state index contributed by atoms with van der Waals surface area (Å²) < 4.78 is 0. The second-order valence-electron chi connectivity index (χ2n) is 5.58. The smallest absolute Gasteiger partial charge is 0.00670 e. The molecule has 3 atom stereocenters. The van der Waals surface area contributed by atoms with Gasteiger partial charge in [-0.05, 0) is 50.0 Å². The molecule has 3 unspecified atom stereocenters. The van der Waals surface area contributed by atoms with E-state index in [1.807, 2.05) is 0 Å². The first-order valence-corrected chi connectivity index (χ1v) is 6.90. The Labute approximate surface area is 96.0 Å². The van der Waals surface area contributed by atoms with Gasteiger partial charge in [0, 0.05) is 6.04 Å². The maximum Gasteiger partial charge on any atom is 0.00670 e. The SMILES string of the molecule is CCC(C)CC(CC)NCC(C)C1CC1. The van der Waals surface area contributed by atoms with Crippen molar-refractivity contribution >= 4 is 0 Å². The van der Waals surface area contributed by atoms with Crippen molar-refractivity contribution in [2.45, 2.75) is 65.8 Å². The van der Waals surface area contributed by atoms with E-state index in [-0.39, 0.29) is 0 Å². The first-order valence-electron chi connectivity index (χ1n) is 6.90. The van der Waals surface area contributed by atoms with E-state index in [1.54, 1.807) is 0 Å². The maximum absolute atomic E-state index is 3.76. The van der Waals surface area contributed by atoms with Crippen molar-refractivity contribution in [3.8, 4) is 0 Å². The second kappa shape index (κ2) is 6.52. The Balaban J connectivity index is 2.14. The van der Waals surface area contributed by atoms with Gasteiger partial charge in [-0.3, -0.25) is 0 Å². The lowest BCUT2D eigenvalue weighted by molar-refractivity contribution is 0.352. The highest BCUT2D eigenvalue weighted by molar-refractivity contribution is 4.81. The molecule has 0 heterocycles. The van der Waals surface area contributed by atoms with Gasteiger partial charge in [-0.1, -0.05) is 34.1 Å². The zero-order valence-corrected chi connectivity index (χ0v) is 11.1. The first-order chi connectivity index (χ1) is 7.17. The number of nitrogens with one attached hydrogen (secondary N) is 1. The fourth-order valence-electron chi connectivity index (χ4n) is 2.23. The molecular formula is C14H29N. The molecule has 0 saturated heterocycles. The van der Waals surface area contributed by atoms with Gasteiger partial charge in [-0.25, -0.2) is 0 Å². The molecule has 0 bridgehead atoms. The fourth-order valence-corrected chi connectivity index (χ4v) is 2.23. The summed E-state index contributed by atoms with van der Waals surface area (Å²) in [6.07, 6.45) is 6.90. The van der Waals surface area contributed by atoms with Crippen LogP contribution in [0.5, 0.6) is 0 Å². The van der Waals surface area contributed by atoms with Crippen molar-refractivity contribution in [2.75, 3.05) is 6.54 Å². The van der Waals surface area contributed by atoms with Crippen molar-refractivity contribution in [1.82, 2.24) is 5.32 Å². The molecule has 1 aliphatic rings. The number of hydrogen-bond donors (Lipinski definition) is 1. The van der Waals surface area contributed by atoms with Gasteiger partial charge in [-0.2, -0.15) is 0 Å². The van der Waals surface area contributed by atoms with Gasteiger partial charge in [0.25, 0.3) is 0 Å². The van der Waals surface area contributed by atoms with E-state index >= 15 is 0 Å². The predicted octanol–water partition coefficient (Wildman–Crippen LogP) is 3.84. The Bertz CT molecular complexity index is 163. The van der Waals surface area contributed by atoms with Crippen LogP contribution in [0.25, 0.3) is 0 Å². The molecule has 1 fully saturated rings. The topological polar surface area (TPSA) is 12.0 Å². The van der Waals surface area contributed by atoms with Gasteiger partial charge in [0.2, 0.25) is 0 Å². The van der Waals surface area contributed by atoms with Crippen molar-refractivity contribution in [2.24, 2.45) is 17.8 Å². The van der Waals surface area contributed by atoms with E-state index < -0.39 is 0 Å². The minimum Gasteiger partial charge on any atom is -0.314 e. The summed E-state index contributed by atoms with van der Waals surface area (Å²) in [5, 5.41) is 3.76. The maximum atomic E-state index is 3.76. The molecule has 0 aromatic heterocycles. The van der Waals surface area contributed by atoms with Crippen molar-refractivity contribution in [3.05, 3.63) is 0 Å². The van der Waals surface area contributed by atoms with Gasteiger partial charge in [0.1, 0.15) is 0 Å². The van der Waals surface area contributed by atoms with Crippen molar-refractivity contribution < 1.29 is 0 Å². The van der Waals surface area contributed by atoms with E-state index in [1.165, 1.54) is 38.6 Å².